The predicted octanol–water partition coefficient (Wildman–Crippen LogP) is 7.81. The highest BCUT2D eigenvalue weighted by Gasteiger charge is 2.47. The summed E-state index contributed by atoms with van der Waals surface area (Å²) >= 11 is 0. The van der Waals surface area contributed by atoms with E-state index >= 15 is 0 Å². The average molecular weight is 582 g/mol. The molecule has 7 rings (SSSR count). The Balaban J connectivity index is 1.77. The Morgan fingerprint density at radius 1 is 0.386 bits per heavy atom. The lowest BCUT2D eigenvalue weighted by atomic mass is 9.96. The van der Waals surface area contributed by atoms with E-state index in [0.29, 0.717) is 0 Å². The van der Waals surface area contributed by atoms with Gasteiger partial charge in [-0.25, -0.2) is 0 Å². The zero-order valence-electron chi connectivity index (χ0n) is 25.2. The van der Waals surface area contributed by atoms with Crippen LogP contribution < -0.4 is 20.9 Å². The molecule has 0 spiro atoms. The second-order valence-corrected chi connectivity index (χ2v) is 15.1. The molecule has 1 nitrogen and oxygen atoms in total. The van der Waals surface area contributed by atoms with Gasteiger partial charge in [-0.2, -0.15) is 0 Å². The molecule has 6 aromatic carbocycles. The van der Waals surface area contributed by atoms with Crippen LogP contribution in [0.3, 0.4) is 0 Å². The maximum Gasteiger partial charge on any atom is 0.200 e. The lowest BCUT2D eigenvalue weighted by molar-refractivity contribution is 1.04. The fraction of sp³-hybridized carbons (Fsp3) is 0.0476. The maximum absolute atomic E-state index is 2.95. The monoisotopic (exact) mass is 581 g/mol. The molecular formula is C42H35NSi. The molecule has 7 aromatic rings. The minimum absolute atomic E-state index is 1.18. The van der Waals surface area contributed by atoms with Crippen LogP contribution in [0, 0.1) is 13.8 Å². The molecule has 0 saturated carbocycles. The van der Waals surface area contributed by atoms with Crippen LogP contribution in [0.15, 0.2) is 176 Å². The lowest BCUT2D eigenvalue weighted by Crippen LogP contribution is -2.76. The molecular weight excluding hydrogens is 547 g/mol. The molecule has 2 heteroatoms. The van der Waals surface area contributed by atoms with E-state index in [2.05, 4.69) is 194 Å². The Hall–Kier alpha value is -5.18. The molecule has 0 aliphatic carbocycles. The summed E-state index contributed by atoms with van der Waals surface area (Å²) in [4.78, 5) is 0. The number of rotatable bonds is 7. The number of para-hydroxylation sites is 1. The topological polar surface area (TPSA) is 4.93 Å². The van der Waals surface area contributed by atoms with Crippen molar-refractivity contribution in [1.29, 1.82) is 0 Å². The van der Waals surface area contributed by atoms with E-state index in [0.717, 1.165) is 0 Å². The second-order valence-electron chi connectivity index (χ2n) is 11.4. The summed E-state index contributed by atoms with van der Waals surface area (Å²) in [7, 11) is -2.95. The van der Waals surface area contributed by atoms with Crippen LogP contribution in [0.25, 0.3) is 27.9 Å². The number of aromatic nitrogens is 1. The van der Waals surface area contributed by atoms with Crippen molar-refractivity contribution in [2.75, 3.05) is 0 Å². The number of aryl methyl sites for hydroxylation is 1. The van der Waals surface area contributed by atoms with Gasteiger partial charge in [-0.05, 0) is 52.7 Å². The Morgan fingerprint density at radius 2 is 0.773 bits per heavy atom. The van der Waals surface area contributed by atoms with Crippen molar-refractivity contribution < 1.29 is 0 Å². The van der Waals surface area contributed by atoms with Crippen molar-refractivity contribution in [3.8, 4) is 27.9 Å². The third-order valence-electron chi connectivity index (χ3n) is 8.80. The normalized spacial score (nSPS) is 11.4. The quantitative estimate of drug-likeness (QED) is 0.134. The predicted molar refractivity (Wildman–Crippen MR) is 190 cm³/mol. The van der Waals surface area contributed by atoms with Gasteiger partial charge in [0.2, 0.25) is 8.07 Å². The minimum atomic E-state index is -2.95. The number of benzene rings is 6. The smallest absolute Gasteiger partial charge is 0.200 e. The number of hydrogen-bond donors (Lipinski definition) is 0. The summed E-state index contributed by atoms with van der Waals surface area (Å²) in [5, 5.41) is 5.45. The number of nitrogens with zero attached hydrogens (tertiary/aromatic N) is 1. The first kappa shape index (κ1) is 27.6. The van der Waals surface area contributed by atoms with Gasteiger partial charge in [-0.1, -0.05) is 169 Å². The van der Waals surface area contributed by atoms with Crippen molar-refractivity contribution >= 4 is 29.0 Å². The molecule has 0 aliphatic rings. The summed E-state index contributed by atoms with van der Waals surface area (Å²) in [5.74, 6) is 0. The molecule has 1 heterocycles. The molecule has 212 valence electrons. The van der Waals surface area contributed by atoms with Crippen LogP contribution in [-0.2, 0) is 0 Å². The zero-order chi connectivity index (χ0) is 29.9. The Labute approximate surface area is 261 Å². The highest BCUT2D eigenvalue weighted by molar-refractivity contribution is 7.20. The largest absolute Gasteiger partial charge is 0.320 e. The Morgan fingerprint density at radius 3 is 1.23 bits per heavy atom. The van der Waals surface area contributed by atoms with Crippen molar-refractivity contribution in [3.05, 3.63) is 187 Å². The van der Waals surface area contributed by atoms with E-state index in [1.807, 2.05) is 0 Å². The fourth-order valence-corrected chi connectivity index (χ4v) is 12.1. The van der Waals surface area contributed by atoms with E-state index in [-0.39, 0.29) is 0 Å². The lowest BCUT2D eigenvalue weighted by Gasteiger charge is -2.36. The molecule has 0 bridgehead atoms. The van der Waals surface area contributed by atoms with Crippen LogP contribution in [0.4, 0.5) is 0 Å². The van der Waals surface area contributed by atoms with E-state index in [9.17, 15) is 0 Å². The minimum Gasteiger partial charge on any atom is -0.320 e. The van der Waals surface area contributed by atoms with Gasteiger partial charge < -0.3 is 4.57 Å². The van der Waals surface area contributed by atoms with E-state index in [4.69, 9.17) is 0 Å². The highest BCUT2D eigenvalue weighted by Crippen LogP contribution is 2.38. The molecule has 0 radical (unpaired) electrons. The zero-order valence-corrected chi connectivity index (χ0v) is 26.2. The van der Waals surface area contributed by atoms with Crippen LogP contribution in [0.5, 0.6) is 0 Å². The van der Waals surface area contributed by atoms with Gasteiger partial charge in [0.25, 0.3) is 0 Å². The highest BCUT2D eigenvalue weighted by atomic mass is 28.3. The second kappa shape index (κ2) is 11.8. The van der Waals surface area contributed by atoms with Crippen LogP contribution >= 0.6 is 0 Å². The van der Waals surface area contributed by atoms with Crippen LogP contribution in [0.1, 0.15) is 11.3 Å². The fourth-order valence-electron chi connectivity index (χ4n) is 6.88. The summed E-state index contributed by atoms with van der Waals surface area (Å²) in [6.07, 6.45) is 0. The molecule has 0 N–H and O–H groups in total. The number of hydrogen-bond acceptors (Lipinski definition) is 0. The van der Waals surface area contributed by atoms with Crippen LogP contribution in [-0.4, -0.2) is 12.6 Å². The maximum atomic E-state index is 2.58. The molecule has 0 aliphatic heterocycles. The van der Waals surface area contributed by atoms with Gasteiger partial charge in [0.05, 0.1) is 0 Å². The van der Waals surface area contributed by atoms with Gasteiger partial charge in [-0.15, -0.1) is 0 Å². The molecule has 0 amide bonds. The first-order valence-electron chi connectivity index (χ1n) is 15.3. The van der Waals surface area contributed by atoms with Gasteiger partial charge in [0.1, 0.15) is 0 Å². The van der Waals surface area contributed by atoms with E-state index in [1.54, 1.807) is 0 Å². The standard InChI is InChI=1S/C42H35NSi/c1-32-28-30-35(31-29-32)40-33(2)43(36-20-10-4-11-21-36)42(41(40)34-18-8-3-9-19-34)44(37-22-12-5-13-23-37,38-24-14-6-15-25-38)39-26-16-7-17-27-39/h3-31H,1-2H3. The van der Waals surface area contributed by atoms with Gasteiger partial charge in [0.15, 0.2) is 0 Å². The molecule has 0 unspecified atom stereocenters. The van der Waals surface area contributed by atoms with Gasteiger partial charge in [-0.3, -0.25) is 0 Å². The summed E-state index contributed by atoms with van der Waals surface area (Å²) in [6, 6.07) is 64.7. The van der Waals surface area contributed by atoms with Gasteiger partial charge >= 0.3 is 0 Å². The molecule has 1 aromatic heterocycles. The van der Waals surface area contributed by atoms with Crippen LogP contribution in [0.2, 0.25) is 0 Å². The van der Waals surface area contributed by atoms with Crippen molar-refractivity contribution in [3.63, 3.8) is 0 Å². The van der Waals surface area contributed by atoms with Crippen molar-refractivity contribution in [2.24, 2.45) is 0 Å². The van der Waals surface area contributed by atoms with E-state index in [1.165, 1.54) is 60.1 Å². The van der Waals surface area contributed by atoms with Crippen molar-refractivity contribution in [2.45, 2.75) is 13.8 Å². The first-order chi connectivity index (χ1) is 21.7. The molecule has 0 fully saturated rings. The first-order valence-corrected chi connectivity index (χ1v) is 17.3. The van der Waals surface area contributed by atoms with E-state index < -0.39 is 8.07 Å². The Bertz CT molecular complexity index is 1880. The summed E-state index contributed by atoms with van der Waals surface area (Å²) in [6.45, 7) is 4.46. The third-order valence-corrected chi connectivity index (χ3v) is 13.6. The SMILES string of the molecule is Cc1ccc(-c2c(-c3ccccc3)c([Si](c3ccccc3)(c3ccccc3)c3ccccc3)n(-c3ccccc3)c2C)cc1. The summed E-state index contributed by atoms with van der Waals surface area (Å²) in [5.41, 5.74) is 8.74. The molecule has 0 saturated heterocycles. The third kappa shape index (κ3) is 4.65. The van der Waals surface area contributed by atoms with Crippen molar-refractivity contribution in [1.82, 2.24) is 4.57 Å². The summed E-state index contributed by atoms with van der Waals surface area (Å²) < 4.78 is 2.58. The van der Waals surface area contributed by atoms with Gasteiger partial charge in [0, 0.05) is 27.8 Å². The average Bonchev–Trinajstić information content (AvgIpc) is 3.40. The molecule has 0 atom stereocenters. The Kier molecular flexibility index (Phi) is 7.43. The molecule has 44 heavy (non-hydrogen) atoms.